The molecule has 1 aromatic rings. The highest BCUT2D eigenvalue weighted by molar-refractivity contribution is 6.35. The van der Waals surface area contributed by atoms with Crippen LogP contribution < -0.4 is 0 Å². The molecule has 1 aliphatic rings. The SMILES string of the molecule is OCCOCCN1CCc2cc(Cl)cc(Cl)c2C1. The maximum atomic E-state index is 8.63. The number of ether oxygens (including phenoxy) is 1. The third-order valence-corrected chi connectivity index (χ3v) is 3.67. The van der Waals surface area contributed by atoms with Gasteiger partial charge in [0, 0.05) is 29.7 Å². The first kappa shape index (κ1) is 14.1. The first-order chi connectivity index (χ1) is 8.70. The molecule has 0 bridgehead atoms. The Balaban J connectivity index is 1.93. The van der Waals surface area contributed by atoms with Crippen molar-refractivity contribution in [1.29, 1.82) is 0 Å². The van der Waals surface area contributed by atoms with Gasteiger partial charge in [-0.15, -0.1) is 0 Å². The topological polar surface area (TPSA) is 32.7 Å². The van der Waals surface area contributed by atoms with Crippen molar-refractivity contribution in [3.05, 3.63) is 33.3 Å². The van der Waals surface area contributed by atoms with E-state index in [4.69, 9.17) is 33.0 Å². The number of rotatable bonds is 5. The Kier molecular flexibility index (Phi) is 5.27. The van der Waals surface area contributed by atoms with Gasteiger partial charge in [-0.3, -0.25) is 4.90 Å². The smallest absolute Gasteiger partial charge is 0.0698 e. The highest BCUT2D eigenvalue weighted by Crippen LogP contribution is 2.29. The molecule has 100 valence electrons. The van der Waals surface area contributed by atoms with Crippen LogP contribution in [0.1, 0.15) is 11.1 Å². The van der Waals surface area contributed by atoms with Gasteiger partial charge in [-0.1, -0.05) is 23.2 Å². The lowest BCUT2D eigenvalue weighted by molar-refractivity contribution is 0.0709. The molecule has 1 aromatic carbocycles. The number of hydrogen-bond donors (Lipinski definition) is 1. The first-order valence-corrected chi connectivity index (χ1v) is 6.84. The Morgan fingerprint density at radius 3 is 2.89 bits per heavy atom. The van der Waals surface area contributed by atoms with Crippen molar-refractivity contribution in [1.82, 2.24) is 4.90 Å². The molecule has 0 saturated carbocycles. The number of benzene rings is 1. The van der Waals surface area contributed by atoms with Crippen LogP contribution in [-0.2, 0) is 17.7 Å². The second-order valence-corrected chi connectivity index (χ2v) is 5.23. The van der Waals surface area contributed by atoms with E-state index in [-0.39, 0.29) is 6.61 Å². The van der Waals surface area contributed by atoms with Crippen molar-refractivity contribution < 1.29 is 9.84 Å². The van der Waals surface area contributed by atoms with Crippen molar-refractivity contribution in [2.24, 2.45) is 0 Å². The predicted molar refractivity (Wildman–Crippen MR) is 73.3 cm³/mol. The fourth-order valence-corrected chi connectivity index (χ4v) is 2.78. The van der Waals surface area contributed by atoms with Gasteiger partial charge in [-0.2, -0.15) is 0 Å². The van der Waals surface area contributed by atoms with Crippen molar-refractivity contribution in [3.63, 3.8) is 0 Å². The molecule has 0 amide bonds. The van der Waals surface area contributed by atoms with Gasteiger partial charge in [-0.25, -0.2) is 0 Å². The van der Waals surface area contributed by atoms with Crippen LogP contribution in [0.5, 0.6) is 0 Å². The molecular formula is C13H17Cl2NO2. The Bertz CT molecular complexity index is 412. The summed E-state index contributed by atoms with van der Waals surface area (Å²) < 4.78 is 5.28. The molecule has 18 heavy (non-hydrogen) atoms. The fraction of sp³-hybridized carbons (Fsp3) is 0.538. The largest absolute Gasteiger partial charge is 0.394 e. The average Bonchev–Trinajstić information content (AvgIpc) is 2.35. The third-order valence-electron chi connectivity index (χ3n) is 3.12. The second-order valence-electron chi connectivity index (χ2n) is 4.39. The van der Waals surface area contributed by atoms with E-state index in [1.54, 1.807) is 6.07 Å². The molecule has 0 unspecified atom stereocenters. The highest BCUT2D eigenvalue weighted by atomic mass is 35.5. The van der Waals surface area contributed by atoms with E-state index in [1.807, 2.05) is 6.07 Å². The number of fused-ring (bicyclic) bond motifs is 1. The van der Waals surface area contributed by atoms with Crippen LogP contribution in [0.4, 0.5) is 0 Å². The highest BCUT2D eigenvalue weighted by Gasteiger charge is 2.18. The molecule has 0 atom stereocenters. The number of aliphatic hydroxyl groups is 1. The van der Waals surface area contributed by atoms with E-state index < -0.39 is 0 Å². The zero-order valence-corrected chi connectivity index (χ0v) is 11.7. The maximum Gasteiger partial charge on any atom is 0.0698 e. The van der Waals surface area contributed by atoms with Gasteiger partial charge in [0.2, 0.25) is 0 Å². The van der Waals surface area contributed by atoms with Crippen LogP contribution >= 0.6 is 23.2 Å². The van der Waals surface area contributed by atoms with Gasteiger partial charge in [0.25, 0.3) is 0 Å². The molecule has 1 N–H and O–H groups in total. The molecule has 1 heterocycles. The lowest BCUT2D eigenvalue weighted by Gasteiger charge is -2.29. The summed E-state index contributed by atoms with van der Waals surface area (Å²) in [7, 11) is 0. The quantitative estimate of drug-likeness (QED) is 0.845. The maximum absolute atomic E-state index is 8.63. The first-order valence-electron chi connectivity index (χ1n) is 6.08. The van der Waals surface area contributed by atoms with E-state index in [0.717, 1.165) is 31.1 Å². The van der Waals surface area contributed by atoms with E-state index in [2.05, 4.69) is 4.90 Å². The summed E-state index contributed by atoms with van der Waals surface area (Å²) in [5.41, 5.74) is 2.43. The monoisotopic (exact) mass is 289 g/mol. The third kappa shape index (κ3) is 3.59. The Morgan fingerprint density at radius 1 is 1.28 bits per heavy atom. The Labute approximate surface area is 117 Å². The van der Waals surface area contributed by atoms with Crippen LogP contribution in [0.25, 0.3) is 0 Å². The standard InChI is InChI=1S/C13H17Cl2NO2/c14-11-7-10-1-2-16(3-5-18-6-4-17)9-12(10)13(15)8-11/h7-8,17H,1-6,9H2. The van der Waals surface area contributed by atoms with Gasteiger partial charge in [-0.05, 0) is 29.7 Å². The molecule has 0 fully saturated rings. The van der Waals surface area contributed by atoms with Gasteiger partial charge in [0.1, 0.15) is 0 Å². The minimum absolute atomic E-state index is 0.0765. The van der Waals surface area contributed by atoms with Crippen LogP contribution in [0.2, 0.25) is 10.0 Å². The summed E-state index contributed by atoms with van der Waals surface area (Å²) in [6, 6.07) is 3.80. The molecule has 0 saturated heterocycles. The summed E-state index contributed by atoms with van der Waals surface area (Å²) >= 11 is 12.2. The molecular weight excluding hydrogens is 273 g/mol. The second kappa shape index (κ2) is 6.73. The summed E-state index contributed by atoms with van der Waals surface area (Å²) in [5.74, 6) is 0. The van der Waals surface area contributed by atoms with E-state index in [9.17, 15) is 0 Å². The van der Waals surface area contributed by atoms with Crippen molar-refractivity contribution in [2.75, 3.05) is 32.9 Å². The molecule has 1 aliphatic heterocycles. The Morgan fingerprint density at radius 2 is 2.11 bits per heavy atom. The van der Waals surface area contributed by atoms with Crippen LogP contribution in [0, 0.1) is 0 Å². The molecule has 0 radical (unpaired) electrons. The van der Waals surface area contributed by atoms with Crippen molar-refractivity contribution in [3.8, 4) is 0 Å². The summed E-state index contributed by atoms with van der Waals surface area (Å²) in [6.45, 7) is 3.81. The summed E-state index contributed by atoms with van der Waals surface area (Å²) in [6.07, 6.45) is 0.968. The van der Waals surface area contributed by atoms with Crippen molar-refractivity contribution in [2.45, 2.75) is 13.0 Å². The van der Waals surface area contributed by atoms with Gasteiger partial charge < -0.3 is 9.84 Å². The van der Waals surface area contributed by atoms with Gasteiger partial charge in [0.15, 0.2) is 0 Å². The molecule has 5 heteroatoms. The lowest BCUT2D eigenvalue weighted by Crippen LogP contribution is -2.33. The molecule has 2 rings (SSSR count). The number of aliphatic hydroxyl groups excluding tert-OH is 1. The minimum Gasteiger partial charge on any atom is -0.394 e. The average molecular weight is 290 g/mol. The number of halogens is 2. The summed E-state index contributed by atoms with van der Waals surface area (Å²) in [5, 5.41) is 10.1. The number of nitrogens with zero attached hydrogens (tertiary/aromatic N) is 1. The predicted octanol–water partition coefficient (Wildman–Crippen LogP) is 2.36. The number of hydrogen-bond acceptors (Lipinski definition) is 3. The fourth-order valence-electron chi connectivity index (χ4n) is 2.19. The zero-order chi connectivity index (χ0) is 13.0. The van der Waals surface area contributed by atoms with Crippen LogP contribution in [-0.4, -0.2) is 42.9 Å². The zero-order valence-electron chi connectivity index (χ0n) is 10.2. The molecule has 0 spiro atoms. The van der Waals surface area contributed by atoms with E-state index in [1.165, 1.54) is 11.1 Å². The molecule has 3 nitrogen and oxygen atoms in total. The van der Waals surface area contributed by atoms with Crippen molar-refractivity contribution >= 4 is 23.2 Å². The van der Waals surface area contributed by atoms with Crippen LogP contribution in [0.3, 0.4) is 0 Å². The minimum atomic E-state index is 0.0765. The molecule has 0 aliphatic carbocycles. The molecule has 0 aromatic heterocycles. The van der Waals surface area contributed by atoms with E-state index >= 15 is 0 Å². The summed E-state index contributed by atoms with van der Waals surface area (Å²) in [4.78, 5) is 2.31. The normalized spacial score (nSPS) is 15.7. The van der Waals surface area contributed by atoms with Crippen LogP contribution in [0.15, 0.2) is 12.1 Å². The Hall–Kier alpha value is -0.320. The van der Waals surface area contributed by atoms with E-state index in [0.29, 0.717) is 18.2 Å². The lowest BCUT2D eigenvalue weighted by atomic mass is 10.00. The van der Waals surface area contributed by atoms with Gasteiger partial charge in [0.05, 0.1) is 19.8 Å². The van der Waals surface area contributed by atoms with Gasteiger partial charge >= 0.3 is 0 Å².